The summed E-state index contributed by atoms with van der Waals surface area (Å²) in [6.07, 6.45) is 4.29. The lowest BCUT2D eigenvalue weighted by Gasteiger charge is -2.47. The number of aromatic hydroxyl groups is 1. The minimum absolute atomic E-state index is 0.0682. The molecule has 0 radical (unpaired) electrons. The van der Waals surface area contributed by atoms with Crippen LogP contribution in [-0.2, 0) is 12.1 Å². The van der Waals surface area contributed by atoms with Crippen molar-refractivity contribution in [3.8, 4) is 5.75 Å². The fourth-order valence-electron chi connectivity index (χ4n) is 7.22. The zero-order valence-corrected chi connectivity index (χ0v) is 24.8. The number of aromatic nitrogens is 2. The van der Waals surface area contributed by atoms with Crippen molar-refractivity contribution < 1.29 is 5.11 Å². The van der Waals surface area contributed by atoms with E-state index >= 15 is 0 Å². The lowest BCUT2D eigenvalue weighted by molar-refractivity contribution is 0.110. The van der Waals surface area contributed by atoms with Gasteiger partial charge in [-0.3, -0.25) is 9.80 Å². The first-order chi connectivity index (χ1) is 18.8. The van der Waals surface area contributed by atoms with Crippen LogP contribution in [0.1, 0.15) is 70.8 Å². The molecule has 2 aliphatic heterocycles. The van der Waals surface area contributed by atoms with Gasteiger partial charge in [-0.2, -0.15) is 0 Å². The second-order valence-corrected chi connectivity index (χ2v) is 12.1. The summed E-state index contributed by atoms with van der Waals surface area (Å²) in [4.78, 5) is 12.8. The third-order valence-electron chi connectivity index (χ3n) is 9.16. The topological polar surface area (TPSA) is 59.8 Å². The second-order valence-electron chi connectivity index (χ2n) is 12.1. The number of aryl methyl sites for hydroxylation is 1. The number of anilines is 1. The van der Waals surface area contributed by atoms with Crippen molar-refractivity contribution >= 4 is 16.7 Å². The summed E-state index contributed by atoms with van der Waals surface area (Å²) in [5.74, 6) is 1.57. The Morgan fingerprint density at radius 1 is 1.05 bits per heavy atom. The van der Waals surface area contributed by atoms with Gasteiger partial charge < -0.3 is 19.9 Å². The number of phenolic OH excluding ortho intramolecular Hbond substituents is 1. The Kier molecular flexibility index (Phi) is 8.22. The van der Waals surface area contributed by atoms with Crippen LogP contribution < -0.4 is 10.2 Å². The molecular formula is C32H48N6O. The van der Waals surface area contributed by atoms with Crippen LogP contribution in [-0.4, -0.2) is 76.8 Å². The van der Waals surface area contributed by atoms with Crippen molar-refractivity contribution in [3.63, 3.8) is 0 Å². The molecule has 7 heteroatoms. The van der Waals surface area contributed by atoms with E-state index in [1.807, 2.05) is 12.1 Å². The molecule has 2 N–H and O–H groups in total. The van der Waals surface area contributed by atoms with Gasteiger partial charge in [-0.15, -0.1) is 0 Å². The summed E-state index contributed by atoms with van der Waals surface area (Å²) in [5.41, 5.74) is 4.75. The predicted octanol–water partition coefficient (Wildman–Crippen LogP) is 5.34. The number of nitrogens with zero attached hydrogens (tertiary/aromatic N) is 5. The molecule has 2 fully saturated rings. The minimum atomic E-state index is -0.0682. The number of hydrogen-bond donors (Lipinski definition) is 2. The highest BCUT2D eigenvalue weighted by Crippen LogP contribution is 2.40. The number of fused-ring (bicyclic) bond motifs is 1. The van der Waals surface area contributed by atoms with Crippen molar-refractivity contribution in [1.82, 2.24) is 24.7 Å². The van der Waals surface area contributed by atoms with Gasteiger partial charge in [0.1, 0.15) is 11.6 Å². The molecule has 1 aromatic heterocycles. The van der Waals surface area contributed by atoms with Crippen LogP contribution in [0.25, 0.3) is 11.0 Å². The molecule has 0 amide bonds. The van der Waals surface area contributed by atoms with E-state index in [1.165, 1.54) is 22.6 Å². The molecule has 3 atom stereocenters. The number of benzene rings is 2. The van der Waals surface area contributed by atoms with Crippen molar-refractivity contribution in [2.45, 2.75) is 83.6 Å². The maximum atomic E-state index is 10.2. The van der Waals surface area contributed by atoms with Crippen LogP contribution in [0.2, 0.25) is 0 Å². The Hall–Kier alpha value is -2.61. The number of nitrogens with one attached hydrogen (secondary N) is 1. The number of rotatable bonds is 8. The van der Waals surface area contributed by atoms with Gasteiger partial charge in [0.25, 0.3) is 0 Å². The zero-order valence-electron chi connectivity index (χ0n) is 24.8. The van der Waals surface area contributed by atoms with E-state index in [0.29, 0.717) is 23.9 Å². The van der Waals surface area contributed by atoms with Crippen LogP contribution in [0.3, 0.4) is 0 Å². The van der Waals surface area contributed by atoms with Crippen LogP contribution in [0.4, 0.5) is 5.69 Å². The van der Waals surface area contributed by atoms with Crippen molar-refractivity contribution in [3.05, 3.63) is 53.9 Å². The molecule has 0 aliphatic carbocycles. The van der Waals surface area contributed by atoms with Gasteiger partial charge in [0, 0.05) is 56.0 Å². The molecule has 2 saturated heterocycles. The summed E-state index contributed by atoms with van der Waals surface area (Å²) in [6.45, 7) is 14.1. The Morgan fingerprint density at radius 3 is 2.38 bits per heavy atom. The van der Waals surface area contributed by atoms with E-state index in [2.05, 4.69) is 90.6 Å². The van der Waals surface area contributed by atoms with Gasteiger partial charge in [-0.05, 0) is 90.0 Å². The Labute approximate surface area is 234 Å². The molecule has 39 heavy (non-hydrogen) atoms. The van der Waals surface area contributed by atoms with Crippen molar-refractivity contribution in [2.75, 3.05) is 45.2 Å². The minimum Gasteiger partial charge on any atom is -0.508 e. The Bertz CT molecular complexity index is 1250. The maximum absolute atomic E-state index is 10.2. The third kappa shape index (κ3) is 5.41. The van der Waals surface area contributed by atoms with Gasteiger partial charge >= 0.3 is 0 Å². The molecule has 3 aromatic rings. The third-order valence-corrected chi connectivity index (χ3v) is 9.16. The first-order valence-electron chi connectivity index (χ1n) is 15.0. The van der Waals surface area contributed by atoms with E-state index in [9.17, 15) is 5.11 Å². The molecular weight excluding hydrogens is 484 g/mol. The SMILES string of the molecule is CCCC(c1nc2cc(N3CCC(c4cccc(O)c4)(N(C)C)CC3)ccc2n1CC)N1C[C@@H](C)N[C@@H](C)C1. The molecule has 0 saturated carbocycles. The molecule has 3 heterocycles. The van der Waals surface area contributed by atoms with Crippen molar-refractivity contribution in [2.24, 2.45) is 0 Å². The highest BCUT2D eigenvalue weighted by Gasteiger charge is 2.38. The number of piperidine rings is 1. The van der Waals surface area contributed by atoms with E-state index < -0.39 is 0 Å². The first-order valence-corrected chi connectivity index (χ1v) is 15.0. The van der Waals surface area contributed by atoms with Crippen molar-refractivity contribution in [1.29, 1.82) is 0 Å². The monoisotopic (exact) mass is 532 g/mol. The van der Waals surface area contributed by atoms with Crippen LogP contribution in [0, 0.1) is 0 Å². The highest BCUT2D eigenvalue weighted by molar-refractivity contribution is 5.80. The molecule has 0 spiro atoms. The largest absolute Gasteiger partial charge is 0.508 e. The van der Waals surface area contributed by atoms with Gasteiger partial charge in [0.2, 0.25) is 0 Å². The van der Waals surface area contributed by atoms with E-state index in [1.54, 1.807) is 6.07 Å². The van der Waals surface area contributed by atoms with Gasteiger partial charge in [-0.1, -0.05) is 25.5 Å². The van der Waals surface area contributed by atoms with Gasteiger partial charge in [0.05, 0.1) is 17.1 Å². The molecule has 2 aromatic carbocycles. The maximum Gasteiger partial charge on any atom is 0.127 e. The fraction of sp³-hybridized carbons (Fsp3) is 0.594. The summed E-state index contributed by atoms with van der Waals surface area (Å²) >= 11 is 0. The summed E-state index contributed by atoms with van der Waals surface area (Å²) in [5, 5.41) is 13.8. The molecule has 1 unspecified atom stereocenters. The lowest BCUT2D eigenvalue weighted by Crippen LogP contribution is -2.55. The molecule has 212 valence electrons. The average Bonchev–Trinajstić information content (AvgIpc) is 3.28. The highest BCUT2D eigenvalue weighted by atomic mass is 16.3. The van der Waals surface area contributed by atoms with Crippen LogP contribution in [0.15, 0.2) is 42.5 Å². The first kappa shape index (κ1) is 27.9. The number of phenols is 1. The number of hydrogen-bond acceptors (Lipinski definition) is 6. The number of imidazole rings is 1. The Balaban J connectivity index is 1.42. The van der Waals surface area contributed by atoms with E-state index in [4.69, 9.17) is 4.98 Å². The quantitative estimate of drug-likeness (QED) is 0.408. The molecule has 5 rings (SSSR count). The lowest BCUT2D eigenvalue weighted by atomic mass is 9.79. The molecule has 7 nitrogen and oxygen atoms in total. The standard InChI is InChI=1S/C32H48N6O/c1-7-10-30(37-21-23(3)33-24(4)22-37)31-34-28-20-26(13-14-29(28)38(31)8-2)36-17-15-32(16-18-36,35(5)6)25-11-9-12-27(39)19-25/h9,11-14,19-20,23-24,30,33,39H,7-8,10,15-18,21-22H2,1-6H3/t23-,24+,30?. The zero-order chi connectivity index (χ0) is 27.7. The van der Waals surface area contributed by atoms with Crippen LogP contribution >= 0.6 is 0 Å². The smallest absolute Gasteiger partial charge is 0.127 e. The number of piperazine rings is 1. The molecule has 0 bridgehead atoms. The average molecular weight is 533 g/mol. The van der Waals surface area contributed by atoms with Gasteiger partial charge in [0.15, 0.2) is 0 Å². The second kappa shape index (κ2) is 11.5. The predicted molar refractivity (Wildman–Crippen MR) is 162 cm³/mol. The Morgan fingerprint density at radius 2 is 1.77 bits per heavy atom. The fourth-order valence-corrected chi connectivity index (χ4v) is 7.22. The summed E-state index contributed by atoms with van der Waals surface area (Å²) in [6, 6.07) is 16.0. The summed E-state index contributed by atoms with van der Waals surface area (Å²) < 4.78 is 2.45. The normalized spacial score (nSPS) is 23.0. The molecule has 2 aliphatic rings. The van der Waals surface area contributed by atoms with Gasteiger partial charge in [-0.25, -0.2) is 4.98 Å². The van der Waals surface area contributed by atoms with E-state index in [-0.39, 0.29) is 5.54 Å². The van der Waals surface area contributed by atoms with Crippen LogP contribution in [0.5, 0.6) is 5.75 Å². The van der Waals surface area contributed by atoms with E-state index in [0.717, 1.165) is 63.9 Å². The summed E-state index contributed by atoms with van der Waals surface area (Å²) in [7, 11) is 4.33.